The van der Waals surface area contributed by atoms with Crippen molar-refractivity contribution in [3.63, 3.8) is 0 Å². The van der Waals surface area contributed by atoms with Crippen molar-refractivity contribution in [2.24, 2.45) is 29.6 Å². The number of hydrogen-bond acceptors (Lipinski definition) is 1. The molecule has 0 bridgehead atoms. The van der Waals surface area contributed by atoms with Crippen LogP contribution in [0, 0.1) is 29.6 Å². The molecule has 0 amide bonds. The van der Waals surface area contributed by atoms with Crippen molar-refractivity contribution in [3.8, 4) is 0 Å². The maximum absolute atomic E-state index is 5.94. The largest absolute Gasteiger partial charge is 0.374 e. The van der Waals surface area contributed by atoms with E-state index < -0.39 is 0 Å². The zero-order valence-electron chi connectivity index (χ0n) is 16.5. The van der Waals surface area contributed by atoms with Crippen molar-refractivity contribution < 1.29 is 4.74 Å². The van der Waals surface area contributed by atoms with E-state index in [9.17, 15) is 0 Å². The van der Waals surface area contributed by atoms with Crippen LogP contribution < -0.4 is 0 Å². The molecule has 0 aromatic rings. The minimum atomic E-state index is 0.322. The van der Waals surface area contributed by atoms with Gasteiger partial charge in [0.25, 0.3) is 0 Å². The third-order valence-electron chi connectivity index (χ3n) is 7.34. The lowest BCUT2D eigenvalue weighted by Gasteiger charge is -2.37. The average Bonchev–Trinajstić information content (AvgIpc) is 2.68. The molecule has 3 fully saturated rings. The highest BCUT2D eigenvalue weighted by Crippen LogP contribution is 2.39. The summed E-state index contributed by atoms with van der Waals surface area (Å²) in [6.07, 6.45) is 24.4. The van der Waals surface area contributed by atoms with Crippen molar-refractivity contribution in [2.45, 2.75) is 90.1 Å². The molecule has 1 saturated heterocycles. The number of hydrogen-bond donors (Lipinski definition) is 0. The van der Waals surface area contributed by atoms with Gasteiger partial charge in [0.05, 0.1) is 12.7 Å². The molecule has 142 valence electrons. The summed E-state index contributed by atoms with van der Waals surface area (Å²) in [5.41, 5.74) is 0. The fourth-order valence-electron chi connectivity index (χ4n) is 5.55. The number of allylic oxidation sites excluding steroid dienone is 2. The summed E-state index contributed by atoms with van der Waals surface area (Å²) >= 11 is 0. The molecule has 2 atom stereocenters. The second-order valence-corrected chi connectivity index (χ2v) is 9.07. The molecule has 1 heterocycles. The van der Waals surface area contributed by atoms with E-state index in [4.69, 9.17) is 4.74 Å². The first-order valence-corrected chi connectivity index (χ1v) is 11.2. The maximum atomic E-state index is 5.94. The van der Waals surface area contributed by atoms with Gasteiger partial charge < -0.3 is 4.74 Å². The minimum absolute atomic E-state index is 0.322. The summed E-state index contributed by atoms with van der Waals surface area (Å²) in [4.78, 5) is 0. The Morgan fingerprint density at radius 2 is 1.40 bits per heavy atom. The molecule has 3 aliphatic rings. The summed E-state index contributed by atoms with van der Waals surface area (Å²) in [6, 6.07) is 0. The zero-order valence-corrected chi connectivity index (χ0v) is 16.5. The number of ether oxygens (including phenoxy) is 1. The lowest BCUT2D eigenvalue weighted by molar-refractivity contribution is -0.0153. The van der Waals surface area contributed by atoms with Crippen LogP contribution in [0.25, 0.3) is 0 Å². The molecule has 3 rings (SSSR count). The van der Waals surface area contributed by atoms with Gasteiger partial charge in [0, 0.05) is 0 Å². The van der Waals surface area contributed by atoms with Crippen LogP contribution in [-0.4, -0.2) is 12.7 Å². The molecule has 0 N–H and O–H groups in total. The van der Waals surface area contributed by atoms with Gasteiger partial charge in [-0.15, -0.1) is 6.58 Å². The Hall–Kier alpha value is -0.560. The van der Waals surface area contributed by atoms with Gasteiger partial charge >= 0.3 is 0 Å². The quantitative estimate of drug-likeness (QED) is 0.474. The highest BCUT2D eigenvalue weighted by atomic mass is 16.5. The normalized spacial score (nSPS) is 40.2. The minimum Gasteiger partial charge on any atom is -0.374 e. The van der Waals surface area contributed by atoms with Crippen LogP contribution >= 0.6 is 0 Å². The number of rotatable bonds is 6. The third kappa shape index (κ3) is 5.71. The predicted octanol–water partition coefficient (Wildman–Crippen LogP) is 6.94. The molecule has 2 aliphatic carbocycles. The van der Waals surface area contributed by atoms with Gasteiger partial charge in [-0.3, -0.25) is 0 Å². The van der Waals surface area contributed by atoms with E-state index in [2.05, 4.69) is 25.7 Å². The zero-order chi connectivity index (χ0) is 17.5. The standard InChI is InChI=1S/C24H40O/c1-3-5-19-6-8-20(9-7-19)10-11-21-12-14-22(15-13-21)23-16-17-24(4-2)25-18-23/h4,10-11,19-24H,2-3,5-9,12-18H2,1H3. The van der Waals surface area contributed by atoms with Gasteiger partial charge in [-0.2, -0.15) is 0 Å². The van der Waals surface area contributed by atoms with Crippen molar-refractivity contribution in [1.82, 2.24) is 0 Å². The fraction of sp³-hybridized carbons (Fsp3) is 0.833. The highest BCUT2D eigenvalue weighted by molar-refractivity contribution is 4.97. The third-order valence-corrected chi connectivity index (χ3v) is 7.34. The summed E-state index contributed by atoms with van der Waals surface area (Å²) in [5.74, 6) is 4.50. The molecular weight excluding hydrogens is 304 g/mol. The van der Waals surface area contributed by atoms with Crippen LogP contribution in [0.2, 0.25) is 0 Å². The molecule has 2 saturated carbocycles. The first-order valence-electron chi connectivity index (χ1n) is 11.2. The predicted molar refractivity (Wildman–Crippen MR) is 108 cm³/mol. The highest BCUT2D eigenvalue weighted by Gasteiger charge is 2.30. The molecule has 1 nitrogen and oxygen atoms in total. The molecule has 25 heavy (non-hydrogen) atoms. The molecule has 0 spiro atoms. The first-order chi connectivity index (χ1) is 12.3. The fourth-order valence-corrected chi connectivity index (χ4v) is 5.55. The molecule has 1 aliphatic heterocycles. The van der Waals surface area contributed by atoms with Crippen LogP contribution in [0.4, 0.5) is 0 Å². The van der Waals surface area contributed by atoms with E-state index >= 15 is 0 Å². The van der Waals surface area contributed by atoms with Gasteiger partial charge in [-0.25, -0.2) is 0 Å². The van der Waals surface area contributed by atoms with Crippen molar-refractivity contribution in [3.05, 3.63) is 24.8 Å². The molecular formula is C24H40O. The van der Waals surface area contributed by atoms with E-state index in [-0.39, 0.29) is 0 Å². The topological polar surface area (TPSA) is 9.23 Å². The second-order valence-electron chi connectivity index (χ2n) is 9.07. The van der Waals surface area contributed by atoms with Crippen molar-refractivity contribution in [2.75, 3.05) is 6.61 Å². The van der Waals surface area contributed by atoms with Crippen LogP contribution in [0.1, 0.15) is 84.0 Å². The van der Waals surface area contributed by atoms with E-state index in [1.54, 1.807) is 0 Å². The van der Waals surface area contributed by atoms with Gasteiger partial charge in [0.15, 0.2) is 0 Å². The summed E-state index contributed by atoms with van der Waals surface area (Å²) in [6.45, 7) is 7.18. The monoisotopic (exact) mass is 344 g/mol. The first kappa shape index (κ1) is 19.2. The summed E-state index contributed by atoms with van der Waals surface area (Å²) in [7, 11) is 0. The Morgan fingerprint density at radius 3 is 1.92 bits per heavy atom. The average molecular weight is 345 g/mol. The van der Waals surface area contributed by atoms with Crippen LogP contribution in [0.3, 0.4) is 0 Å². The van der Waals surface area contributed by atoms with Gasteiger partial charge in [0.2, 0.25) is 0 Å². The Morgan fingerprint density at radius 1 is 0.800 bits per heavy atom. The SMILES string of the molecule is C=CC1CCC(C2CCC(C=CC3CCC(CCC)CC3)CC2)CO1. The Balaban J connectivity index is 1.35. The Bertz CT molecular complexity index is 402. The Labute approximate surface area is 156 Å². The molecule has 1 heteroatoms. The van der Waals surface area contributed by atoms with E-state index in [0.717, 1.165) is 36.2 Å². The van der Waals surface area contributed by atoms with Gasteiger partial charge in [-0.1, -0.05) is 38.0 Å². The van der Waals surface area contributed by atoms with Gasteiger partial charge in [-0.05, 0) is 93.8 Å². The van der Waals surface area contributed by atoms with Crippen molar-refractivity contribution >= 4 is 0 Å². The molecule has 0 radical (unpaired) electrons. The van der Waals surface area contributed by atoms with E-state index in [0.29, 0.717) is 6.10 Å². The lowest BCUT2D eigenvalue weighted by atomic mass is 9.73. The molecule has 0 aromatic carbocycles. The van der Waals surface area contributed by atoms with Crippen molar-refractivity contribution in [1.29, 1.82) is 0 Å². The maximum Gasteiger partial charge on any atom is 0.0753 e. The van der Waals surface area contributed by atoms with Crippen LogP contribution in [-0.2, 0) is 4.74 Å². The summed E-state index contributed by atoms with van der Waals surface area (Å²) < 4.78 is 5.94. The lowest BCUT2D eigenvalue weighted by Crippen LogP contribution is -2.31. The van der Waals surface area contributed by atoms with E-state index in [1.165, 1.54) is 77.0 Å². The Kier molecular flexibility index (Phi) is 7.65. The van der Waals surface area contributed by atoms with Gasteiger partial charge in [0.1, 0.15) is 0 Å². The van der Waals surface area contributed by atoms with Crippen LogP contribution in [0.15, 0.2) is 24.8 Å². The summed E-state index contributed by atoms with van der Waals surface area (Å²) in [5, 5.41) is 0. The molecule has 0 aromatic heterocycles. The van der Waals surface area contributed by atoms with Crippen LogP contribution in [0.5, 0.6) is 0 Å². The van der Waals surface area contributed by atoms with E-state index in [1.807, 2.05) is 6.08 Å². The second kappa shape index (κ2) is 9.95. The smallest absolute Gasteiger partial charge is 0.0753 e. The molecule has 2 unspecified atom stereocenters.